The topological polar surface area (TPSA) is 74.9 Å². The number of nitrogens with zero attached hydrogens (tertiary/aromatic N) is 3. The number of carbonyl (C=O) groups is 1. The third-order valence-corrected chi connectivity index (χ3v) is 5.01. The van der Waals surface area contributed by atoms with Crippen LogP contribution in [-0.2, 0) is 26.7 Å². The first kappa shape index (κ1) is 24.2. The Balaban J connectivity index is 2.69. The van der Waals surface area contributed by atoms with E-state index in [1.54, 1.807) is 24.9 Å². The van der Waals surface area contributed by atoms with Crippen molar-refractivity contribution in [2.24, 2.45) is 12.0 Å². The van der Waals surface area contributed by atoms with Gasteiger partial charge in [-0.3, -0.25) is 9.67 Å². The fraction of sp³-hybridized carbons (Fsp3) is 0.458. The number of rotatable bonds is 6. The minimum atomic E-state index is -0.883. The first-order chi connectivity index (χ1) is 14.5. The number of aryl methyl sites for hydroxylation is 2. The van der Waals surface area contributed by atoms with E-state index in [0.717, 1.165) is 28.1 Å². The van der Waals surface area contributed by atoms with Crippen LogP contribution in [0.3, 0.4) is 0 Å². The molecule has 0 fully saturated rings. The third-order valence-electron chi connectivity index (χ3n) is 5.01. The van der Waals surface area contributed by atoms with Crippen molar-refractivity contribution in [1.29, 1.82) is 0 Å². The van der Waals surface area contributed by atoms with Gasteiger partial charge in [0.25, 0.3) is 0 Å². The molecule has 0 aliphatic rings. The van der Waals surface area contributed by atoms with Crippen LogP contribution in [0.4, 0.5) is 4.79 Å². The van der Waals surface area contributed by atoms with Crippen molar-refractivity contribution in [3.05, 3.63) is 52.3 Å². The Labute approximate surface area is 184 Å². The molecule has 0 saturated carbocycles. The molecule has 0 N–H and O–H groups in total. The Hall–Kier alpha value is -3.09. The van der Waals surface area contributed by atoms with Crippen molar-refractivity contribution < 1.29 is 19.0 Å². The monoisotopic (exact) mass is 427 g/mol. The van der Waals surface area contributed by atoms with Gasteiger partial charge in [0.1, 0.15) is 5.69 Å². The molecule has 1 heterocycles. The van der Waals surface area contributed by atoms with Crippen LogP contribution in [0.25, 0.3) is 11.3 Å². The summed E-state index contributed by atoms with van der Waals surface area (Å²) in [6.07, 6.45) is 0.0461. The summed E-state index contributed by atoms with van der Waals surface area (Å²) in [7, 11) is 4.82. The van der Waals surface area contributed by atoms with E-state index in [1.165, 1.54) is 12.7 Å². The normalized spacial score (nSPS) is 13.7. The minimum Gasteiger partial charge on any atom is -0.452 e. The van der Waals surface area contributed by atoms with E-state index in [9.17, 15) is 4.79 Å². The van der Waals surface area contributed by atoms with E-state index in [4.69, 9.17) is 9.47 Å². The van der Waals surface area contributed by atoms with Gasteiger partial charge in [-0.25, -0.2) is 4.79 Å². The second-order valence-corrected chi connectivity index (χ2v) is 8.40. The van der Waals surface area contributed by atoms with Gasteiger partial charge in [-0.05, 0) is 30.4 Å². The summed E-state index contributed by atoms with van der Waals surface area (Å²) >= 11 is 0. The van der Waals surface area contributed by atoms with Crippen LogP contribution in [0.5, 0.6) is 0 Å². The van der Waals surface area contributed by atoms with Crippen LogP contribution in [0, 0.1) is 13.8 Å². The molecule has 0 bridgehead atoms. The van der Waals surface area contributed by atoms with Gasteiger partial charge in [-0.1, -0.05) is 45.0 Å². The first-order valence-corrected chi connectivity index (χ1v) is 10.2. The van der Waals surface area contributed by atoms with Gasteiger partial charge in [0, 0.05) is 38.4 Å². The zero-order chi connectivity index (χ0) is 23.3. The van der Waals surface area contributed by atoms with Crippen LogP contribution in [0.1, 0.15) is 55.8 Å². The van der Waals surface area contributed by atoms with Gasteiger partial charge >= 0.3 is 6.16 Å². The quantitative estimate of drug-likeness (QED) is 0.279. The van der Waals surface area contributed by atoms with E-state index < -0.39 is 12.4 Å². The zero-order valence-electron chi connectivity index (χ0n) is 19.9. The lowest BCUT2D eigenvalue weighted by Crippen LogP contribution is -2.19. The molecule has 1 atom stereocenters. The number of hydrogen-bond acceptors (Lipinski definition) is 6. The minimum absolute atomic E-state index is 0.0409. The molecule has 0 aliphatic carbocycles. The van der Waals surface area contributed by atoms with Gasteiger partial charge < -0.3 is 14.2 Å². The smallest absolute Gasteiger partial charge is 0.452 e. The predicted octanol–water partition coefficient (Wildman–Crippen LogP) is 5.05. The van der Waals surface area contributed by atoms with E-state index in [2.05, 4.69) is 47.7 Å². The maximum absolute atomic E-state index is 11.6. The molecule has 0 aliphatic heterocycles. The Kier molecular flexibility index (Phi) is 7.65. The second kappa shape index (κ2) is 9.81. The molecule has 1 aromatic heterocycles. The van der Waals surface area contributed by atoms with E-state index >= 15 is 0 Å². The highest BCUT2D eigenvalue weighted by molar-refractivity contribution is 6.18. The fourth-order valence-electron chi connectivity index (χ4n) is 3.24. The summed E-state index contributed by atoms with van der Waals surface area (Å²) in [4.78, 5) is 15.8. The average Bonchev–Trinajstić information content (AvgIpc) is 2.95. The zero-order valence-corrected chi connectivity index (χ0v) is 19.9. The molecule has 0 saturated heterocycles. The average molecular weight is 428 g/mol. The van der Waals surface area contributed by atoms with Crippen LogP contribution < -0.4 is 0 Å². The largest absolute Gasteiger partial charge is 0.511 e. The molecule has 7 heteroatoms. The summed E-state index contributed by atoms with van der Waals surface area (Å²) < 4.78 is 17.7. The van der Waals surface area contributed by atoms with Crippen LogP contribution >= 0.6 is 0 Å². The maximum Gasteiger partial charge on any atom is 0.511 e. The molecule has 7 nitrogen and oxygen atoms in total. The molecular formula is C24H33N3O4. The van der Waals surface area contributed by atoms with Gasteiger partial charge in [0.2, 0.25) is 6.29 Å². The molecule has 2 aromatic rings. The lowest BCUT2D eigenvalue weighted by molar-refractivity contribution is -0.0619. The summed E-state index contributed by atoms with van der Waals surface area (Å²) in [5.74, 6) is 0.520. The first-order valence-electron chi connectivity index (χ1n) is 10.2. The standard InChI is InChI=1S/C24H33N3O4/c1-15-16(2)26-27(8)21(15)22(30-17(3)31-23(28)29-9)20(14-25-7)18-10-12-19(13-11-18)24(4,5)6/h10-14,17H,1-9H3/b22-20-,25-14-. The van der Waals surface area contributed by atoms with Crippen molar-refractivity contribution >= 4 is 23.7 Å². The highest BCUT2D eigenvalue weighted by Crippen LogP contribution is 2.32. The molecule has 0 amide bonds. The highest BCUT2D eigenvalue weighted by atomic mass is 16.8. The van der Waals surface area contributed by atoms with Gasteiger partial charge in [-0.15, -0.1) is 0 Å². The number of ether oxygens (including phenoxy) is 3. The van der Waals surface area contributed by atoms with Crippen molar-refractivity contribution in [1.82, 2.24) is 9.78 Å². The van der Waals surface area contributed by atoms with Crippen molar-refractivity contribution in [3.63, 3.8) is 0 Å². The molecule has 1 aromatic carbocycles. The molecule has 2 rings (SSSR count). The molecule has 1 unspecified atom stereocenters. The second-order valence-electron chi connectivity index (χ2n) is 8.40. The van der Waals surface area contributed by atoms with E-state index in [1.807, 2.05) is 33.0 Å². The van der Waals surface area contributed by atoms with E-state index in [-0.39, 0.29) is 5.41 Å². The predicted molar refractivity (Wildman–Crippen MR) is 123 cm³/mol. The molecule has 168 valence electrons. The van der Waals surface area contributed by atoms with Gasteiger partial charge in [-0.2, -0.15) is 5.10 Å². The molecule has 0 spiro atoms. The number of aromatic nitrogens is 2. The fourth-order valence-corrected chi connectivity index (χ4v) is 3.24. The van der Waals surface area contributed by atoms with Crippen LogP contribution in [0.2, 0.25) is 0 Å². The van der Waals surface area contributed by atoms with Crippen LogP contribution in [0.15, 0.2) is 29.3 Å². The number of hydrogen-bond donors (Lipinski definition) is 0. The van der Waals surface area contributed by atoms with Crippen molar-refractivity contribution in [2.75, 3.05) is 14.2 Å². The SMILES string of the molecule is C/N=C\C(=C(\OC(C)OC(=O)OC)c1c(C)c(C)nn1C)c1ccc(C(C)(C)C)cc1. The van der Waals surface area contributed by atoms with Gasteiger partial charge in [0.15, 0.2) is 5.76 Å². The number of aliphatic imine (C=N–C) groups is 1. The molecule has 31 heavy (non-hydrogen) atoms. The lowest BCUT2D eigenvalue weighted by atomic mass is 9.86. The maximum atomic E-state index is 11.6. The summed E-state index contributed by atoms with van der Waals surface area (Å²) in [5, 5.41) is 4.52. The summed E-state index contributed by atoms with van der Waals surface area (Å²) in [5.41, 5.74) is 5.59. The molecule has 0 radical (unpaired) electrons. The number of benzene rings is 1. The Morgan fingerprint density at radius 1 is 1.16 bits per heavy atom. The third kappa shape index (κ3) is 5.75. The van der Waals surface area contributed by atoms with Crippen molar-refractivity contribution in [3.8, 4) is 0 Å². The highest BCUT2D eigenvalue weighted by Gasteiger charge is 2.24. The lowest BCUT2D eigenvalue weighted by Gasteiger charge is -2.22. The molecular weight excluding hydrogens is 394 g/mol. The van der Waals surface area contributed by atoms with Crippen molar-refractivity contribution in [2.45, 2.75) is 53.2 Å². The summed E-state index contributed by atoms with van der Waals surface area (Å²) in [6, 6.07) is 8.30. The number of allylic oxidation sites excluding steroid dienone is 1. The van der Waals surface area contributed by atoms with Crippen LogP contribution in [-0.4, -0.2) is 42.6 Å². The summed E-state index contributed by atoms with van der Waals surface area (Å²) in [6.45, 7) is 12.1. The van der Waals surface area contributed by atoms with E-state index in [0.29, 0.717) is 5.76 Å². The Morgan fingerprint density at radius 3 is 2.23 bits per heavy atom. The number of methoxy groups -OCH3 is 1. The Bertz CT molecular complexity index is 979. The Morgan fingerprint density at radius 2 is 1.77 bits per heavy atom. The van der Waals surface area contributed by atoms with Gasteiger partial charge in [0.05, 0.1) is 12.8 Å². The number of carbonyl (C=O) groups excluding carboxylic acids is 1.